The highest BCUT2D eigenvalue weighted by Crippen LogP contribution is 2.20. The van der Waals surface area contributed by atoms with Gasteiger partial charge >= 0.3 is 0 Å². The minimum Gasteiger partial charge on any atom is -0.338 e. The Hall–Kier alpha value is -1.35. The molecular weight excluding hydrogens is 236 g/mol. The predicted octanol–water partition coefficient (Wildman–Crippen LogP) is 2.07. The van der Waals surface area contributed by atoms with Gasteiger partial charge in [0.2, 0.25) is 0 Å². The van der Waals surface area contributed by atoms with E-state index in [1.807, 2.05) is 18.2 Å². The van der Waals surface area contributed by atoms with Gasteiger partial charge in [0.1, 0.15) is 0 Å². The Bertz CT molecular complexity index is 452. The van der Waals surface area contributed by atoms with Crippen molar-refractivity contribution in [3.05, 3.63) is 35.4 Å². The number of aryl methyl sites for hydroxylation is 1. The first kappa shape index (κ1) is 12.7. The van der Waals surface area contributed by atoms with E-state index in [1.54, 1.807) is 0 Å². The maximum Gasteiger partial charge on any atom is 0.254 e. The van der Waals surface area contributed by atoms with Crippen molar-refractivity contribution in [2.24, 2.45) is 5.92 Å². The summed E-state index contributed by atoms with van der Waals surface area (Å²) in [4.78, 5) is 14.7. The molecule has 1 amide bonds. The molecule has 1 aromatic rings. The van der Waals surface area contributed by atoms with Crippen LogP contribution in [0.25, 0.3) is 0 Å². The number of benzene rings is 1. The van der Waals surface area contributed by atoms with Crippen LogP contribution >= 0.6 is 0 Å². The summed E-state index contributed by atoms with van der Waals surface area (Å²) < 4.78 is 0. The first-order chi connectivity index (χ1) is 9.34. The molecule has 1 aromatic carbocycles. The summed E-state index contributed by atoms with van der Waals surface area (Å²) in [6.07, 6.45) is 4.60. The Labute approximate surface area is 115 Å². The predicted molar refractivity (Wildman–Crippen MR) is 76.3 cm³/mol. The van der Waals surface area contributed by atoms with Gasteiger partial charge in [-0.25, -0.2) is 0 Å². The van der Waals surface area contributed by atoms with Crippen LogP contribution in [0.1, 0.15) is 35.2 Å². The molecule has 3 heteroatoms. The number of piperidine rings is 1. The van der Waals surface area contributed by atoms with Crippen LogP contribution in [0, 0.1) is 5.92 Å². The minimum atomic E-state index is 0.235. The minimum absolute atomic E-state index is 0.235. The zero-order chi connectivity index (χ0) is 13.1. The molecule has 3 rings (SSSR count). The van der Waals surface area contributed by atoms with Gasteiger partial charge in [0.05, 0.1) is 0 Å². The lowest BCUT2D eigenvalue weighted by molar-refractivity contribution is 0.0724. The van der Waals surface area contributed by atoms with E-state index in [-0.39, 0.29) is 5.91 Å². The summed E-state index contributed by atoms with van der Waals surface area (Å²) >= 11 is 0. The third kappa shape index (κ3) is 2.81. The molecular formula is C16H22N2O. The zero-order valence-electron chi connectivity index (χ0n) is 11.4. The van der Waals surface area contributed by atoms with Crippen LogP contribution in [0.2, 0.25) is 0 Å². The van der Waals surface area contributed by atoms with Crippen molar-refractivity contribution in [2.75, 3.05) is 26.2 Å². The van der Waals surface area contributed by atoms with Crippen LogP contribution in [-0.2, 0) is 6.42 Å². The van der Waals surface area contributed by atoms with Gasteiger partial charge in [-0.3, -0.25) is 4.79 Å². The van der Waals surface area contributed by atoms with Crippen molar-refractivity contribution in [1.29, 1.82) is 0 Å². The Morgan fingerprint density at radius 1 is 1.26 bits per heavy atom. The summed E-state index contributed by atoms with van der Waals surface area (Å²) in [6, 6.07) is 8.09. The number of hydrogen-bond acceptors (Lipinski definition) is 2. The van der Waals surface area contributed by atoms with Gasteiger partial charge in [0.25, 0.3) is 5.91 Å². The fourth-order valence-corrected chi connectivity index (χ4v) is 3.24. The smallest absolute Gasteiger partial charge is 0.254 e. The molecule has 1 saturated heterocycles. The molecule has 2 heterocycles. The SMILES string of the molecule is O=C1c2ccccc2CCCN1CC1CCCNC1. The lowest BCUT2D eigenvalue weighted by Gasteiger charge is -2.29. The highest BCUT2D eigenvalue weighted by molar-refractivity contribution is 5.96. The van der Waals surface area contributed by atoms with E-state index in [0.29, 0.717) is 5.92 Å². The molecule has 102 valence electrons. The van der Waals surface area contributed by atoms with Crippen LogP contribution in [0.15, 0.2) is 24.3 Å². The Morgan fingerprint density at radius 3 is 3.00 bits per heavy atom. The molecule has 0 spiro atoms. The maximum atomic E-state index is 12.6. The van der Waals surface area contributed by atoms with Crippen molar-refractivity contribution < 1.29 is 4.79 Å². The lowest BCUT2D eigenvalue weighted by atomic mass is 9.98. The van der Waals surface area contributed by atoms with E-state index in [4.69, 9.17) is 0 Å². The summed E-state index contributed by atoms with van der Waals surface area (Å²) in [5, 5.41) is 3.44. The number of carbonyl (C=O) groups excluding carboxylic acids is 1. The molecule has 2 aliphatic heterocycles. The average Bonchev–Trinajstić information content (AvgIpc) is 2.61. The van der Waals surface area contributed by atoms with Gasteiger partial charge in [0, 0.05) is 18.7 Å². The Kier molecular flexibility index (Phi) is 3.83. The lowest BCUT2D eigenvalue weighted by Crippen LogP contribution is -2.41. The molecule has 1 unspecified atom stereocenters. The number of rotatable bonds is 2. The molecule has 1 atom stereocenters. The molecule has 1 fully saturated rings. The molecule has 0 aromatic heterocycles. The fraction of sp³-hybridized carbons (Fsp3) is 0.562. The van der Waals surface area contributed by atoms with E-state index < -0.39 is 0 Å². The van der Waals surface area contributed by atoms with E-state index in [9.17, 15) is 4.79 Å². The third-order valence-electron chi connectivity index (χ3n) is 4.29. The van der Waals surface area contributed by atoms with Gasteiger partial charge in [-0.1, -0.05) is 18.2 Å². The van der Waals surface area contributed by atoms with Crippen molar-refractivity contribution in [2.45, 2.75) is 25.7 Å². The number of nitrogens with zero attached hydrogens (tertiary/aromatic N) is 1. The fourth-order valence-electron chi connectivity index (χ4n) is 3.24. The van der Waals surface area contributed by atoms with Crippen LogP contribution < -0.4 is 5.32 Å². The highest BCUT2D eigenvalue weighted by Gasteiger charge is 2.25. The molecule has 2 aliphatic rings. The van der Waals surface area contributed by atoms with Crippen LogP contribution in [0.3, 0.4) is 0 Å². The van der Waals surface area contributed by atoms with E-state index in [1.165, 1.54) is 18.4 Å². The largest absolute Gasteiger partial charge is 0.338 e. The Balaban J connectivity index is 1.74. The van der Waals surface area contributed by atoms with Crippen molar-refractivity contribution in [3.8, 4) is 0 Å². The molecule has 1 N–H and O–H groups in total. The van der Waals surface area contributed by atoms with Crippen LogP contribution in [0.4, 0.5) is 0 Å². The second-order valence-electron chi connectivity index (χ2n) is 5.72. The molecule has 19 heavy (non-hydrogen) atoms. The normalized spacial score (nSPS) is 23.9. The Morgan fingerprint density at radius 2 is 2.16 bits per heavy atom. The van der Waals surface area contributed by atoms with Gasteiger partial charge in [-0.2, -0.15) is 0 Å². The summed E-state index contributed by atoms with van der Waals surface area (Å²) in [5.74, 6) is 0.863. The first-order valence-electron chi connectivity index (χ1n) is 7.42. The third-order valence-corrected chi connectivity index (χ3v) is 4.29. The molecule has 0 bridgehead atoms. The van der Waals surface area contributed by atoms with Crippen molar-refractivity contribution in [3.63, 3.8) is 0 Å². The van der Waals surface area contributed by atoms with Crippen molar-refractivity contribution in [1.82, 2.24) is 10.2 Å². The van der Waals surface area contributed by atoms with E-state index >= 15 is 0 Å². The van der Waals surface area contributed by atoms with E-state index in [0.717, 1.165) is 44.6 Å². The summed E-state index contributed by atoms with van der Waals surface area (Å²) in [6.45, 7) is 4.02. The topological polar surface area (TPSA) is 32.3 Å². The maximum absolute atomic E-state index is 12.6. The highest BCUT2D eigenvalue weighted by atomic mass is 16.2. The second-order valence-corrected chi connectivity index (χ2v) is 5.72. The van der Waals surface area contributed by atoms with Gasteiger partial charge < -0.3 is 10.2 Å². The molecule has 0 aliphatic carbocycles. The number of hydrogen-bond donors (Lipinski definition) is 1. The van der Waals surface area contributed by atoms with Gasteiger partial charge in [-0.05, 0) is 56.3 Å². The van der Waals surface area contributed by atoms with E-state index in [2.05, 4.69) is 16.3 Å². The van der Waals surface area contributed by atoms with Crippen LogP contribution in [-0.4, -0.2) is 37.0 Å². The van der Waals surface area contributed by atoms with Crippen LogP contribution in [0.5, 0.6) is 0 Å². The quantitative estimate of drug-likeness (QED) is 0.881. The number of fused-ring (bicyclic) bond motifs is 1. The second kappa shape index (κ2) is 5.74. The monoisotopic (exact) mass is 258 g/mol. The zero-order valence-corrected chi connectivity index (χ0v) is 11.4. The number of carbonyl (C=O) groups is 1. The van der Waals surface area contributed by atoms with Gasteiger partial charge in [0.15, 0.2) is 0 Å². The standard InChI is InChI=1S/C16H22N2O/c19-16-15-8-2-1-6-14(15)7-4-10-18(16)12-13-5-3-9-17-11-13/h1-2,6,8,13,17H,3-5,7,9-12H2. The number of nitrogens with one attached hydrogen (secondary N) is 1. The van der Waals surface area contributed by atoms with Gasteiger partial charge in [-0.15, -0.1) is 0 Å². The number of amides is 1. The first-order valence-corrected chi connectivity index (χ1v) is 7.42. The summed E-state index contributed by atoms with van der Waals surface area (Å²) in [5.41, 5.74) is 2.14. The average molecular weight is 258 g/mol. The van der Waals surface area contributed by atoms with Crippen molar-refractivity contribution >= 4 is 5.91 Å². The molecule has 0 radical (unpaired) electrons. The molecule has 0 saturated carbocycles. The summed E-state index contributed by atoms with van der Waals surface area (Å²) in [7, 11) is 0. The molecule has 3 nitrogen and oxygen atoms in total.